The lowest BCUT2D eigenvalue weighted by Gasteiger charge is -2.13. The van der Waals surface area contributed by atoms with Crippen molar-refractivity contribution in [3.8, 4) is 0 Å². The van der Waals surface area contributed by atoms with E-state index >= 15 is 0 Å². The van der Waals surface area contributed by atoms with Gasteiger partial charge in [-0.3, -0.25) is 4.79 Å². The standard InChI is InChI=1S/C14H18N2O4S/c15-8-11-3-4-12(20-11)14(17)16-10-2-1-9-5-6-21(18,19)13(9)7-10/h1-2,7,11-12H,3-6,8,15H2,(H,16,17)/t11-,12+/m1/s1. The predicted octanol–water partition coefficient (Wildman–Crippen LogP) is 0.461. The maximum Gasteiger partial charge on any atom is 0.253 e. The highest BCUT2D eigenvalue weighted by atomic mass is 32.2. The molecule has 1 amide bonds. The highest BCUT2D eigenvalue weighted by Gasteiger charge is 2.31. The highest BCUT2D eigenvalue weighted by molar-refractivity contribution is 7.91. The minimum absolute atomic E-state index is 0.0684. The summed E-state index contributed by atoms with van der Waals surface area (Å²) in [6, 6.07) is 5.02. The van der Waals surface area contributed by atoms with Crippen LogP contribution in [-0.2, 0) is 25.8 Å². The molecule has 2 aliphatic heterocycles. The average Bonchev–Trinajstić information content (AvgIpc) is 3.04. The van der Waals surface area contributed by atoms with Gasteiger partial charge in [0, 0.05) is 12.2 Å². The van der Waals surface area contributed by atoms with Crippen molar-refractivity contribution in [1.29, 1.82) is 0 Å². The molecular formula is C14H18N2O4S. The number of nitrogens with two attached hydrogens (primary N) is 1. The second-order valence-corrected chi connectivity index (χ2v) is 7.52. The average molecular weight is 310 g/mol. The molecule has 3 rings (SSSR count). The first kappa shape index (κ1) is 14.5. The lowest BCUT2D eigenvalue weighted by atomic mass is 10.1. The third kappa shape index (κ3) is 2.81. The maximum absolute atomic E-state index is 12.1. The number of rotatable bonds is 3. The molecule has 0 unspecified atom stereocenters. The van der Waals surface area contributed by atoms with Gasteiger partial charge in [-0.05, 0) is 37.0 Å². The number of anilines is 1. The van der Waals surface area contributed by atoms with Crippen LogP contribution in [0.3, 0.4) is 0 Å². The zero-order chi connectivity index (χ0) is 15.0. The van der Waals surface area contributed by atoms with Crippen LogP contribution in [0.1, 0.15) is 18.4 Å². The molecular weight excluding hydrogens is 292 g/mol. The topological polar surface area (TPSA) is 98.5 Å². The molecule has 114 valence electrons. The second-order valence-electron chi connectivity index (χ2n) is 5.44. The monoisotopic (exact) mass is 310 g/mol. The largest absolute Gasteiger partial charge is 0.364 e. The Bertz CT molecular complexity index is 672. The third-order valence-corrected chi connectivity index (χ3v) is 5.76. The second kappa shape index (κ2) is 5.40. The van der Waals surface area contributed by atoms with E-state index in [4.69, 9.17) is 10.5 Å². The van der Waals surface area contributed by atoms with Crippen LogP contribution in [0.5, 0.6) is 0 Å². The fraction of sp³-hybridized carbons (Fsp3) is 0.500. The molecule has 2 heterocycles. The van der Waals surface area contributed by atoms with Gasteiger partial charge >= 0.3 is 0 Å². The summed E-state index contributed by atoms with van der Waals surface area (Å²) in [5.74, 6) is -0.106. The van der Waals surface area contributed by atoms with E-state index in [1.165, 1.54) is 6.07 Å². The molecule has 6 nitrogen and oxygen atoms in total. The zero-order valence-corrected chi connectivity index (χ0v) is 12.4. The van der Waals surface area contributed by atoms with Crippen LogP contribution in [-0.4, -0.2) is 38.8 Å². The Morgan fingerprint density at radius 3 is 2.90 bits per heavy atom. The first-order chi connectivity index (χ1) is 9.99. The van der Waals surface area contributed by atoms with E-state index in [9.17, 15) is 13.2 Å². The smallest absolute Gasteiger partial charge is 0.253 e. The van der Waals surface area contributed by atoms with Crippen LogP contribution in [0.25, 0.3) is 0 Å². The Morgan fingerprint density at radius 2 is 2.19 bits per heavy atom. The zero-order valence-electron chi connectivity index (χ0n) is 11.5. The Hall–Kier alpha value is -1.44. The van der Waals surface area contributed by atoms with Gasteiger partial charge in [0.15, 0.2) is 9.84 Å². The van der Waals surface area contributed by atoms with Crippen molar-refractivity contribution in [3.63, 3.8) is 0 Å². The summed E-state index contributed by atoms with van der Waals surface area (Å²) >= 11 is 0. The van der Waals surface area contributed by atoms with E-state index in [1.807, 2.05) is 0 Å². The number of benzene rings is 1. The van der Waals surface area contributed by atoms with Crippen LogP contribution in [0.15, 0.2) is 23.1 Å². The molecule has 2 atom stereocenters. The van der Waals surface area contributed by atoms with Gasteiger partial charge in [-0.15, -0.1) is 0 Å². The number of carbonyl (C=O) groups is 1. The normalized spacial score (nSPS) is 26.5. The minimum atomic E-state index is -3.19. The van der Waals surface area contributed by atoms with Crippen molar-refractivity contribution in [2.45, 2.75) is 36.4 Å². The van der Waals surface area contributed by atoms with Gasteiger partial charge in [-0.25, -0.2) is 8.42 Å². The summed E-state index contributed by atoms with van der Waals surface area (Å²) in [4.78, 5) is 12.4. The molecule has 2 aliphatic rings. The number of fused-ring (bicyclic) bond motifs is 1. The molecule has 0 saturated carbocycles. The molecule has 7 heteroatoms. The van der Waals surface area contributed by atoms with E-state index in [1.54, 1.807) is 12.1 Å². The van der Waals surface area contributed by atoms with Gasteiger partial charge in [-0.2, -0.15) is 0 Å². The van der Waals surface area contributed by atoms with Crippen molar-refractivity contribution in [2.24, 2.45) is 5.73 Å². The van der Waals surface area contributed by atoms with Crippen molar-refractivity contribution < 1.29 is 17.9 Å². The van der Waals surface area contributed by atoms with E-state index in [-0.39, 0.29) is 17.8 Å². The quantitative estimate of drug-likeness (QED) is 0.845. The fourth-order valence-electron chi connectivity index (χ4n) is 2.78. The molecule has 0 radical (unpaired) electrons. The number of hydrogen-bond acceptors (Lipinski definition) is 5. The van der Waals surface area contributed by atoms with Gasteiger partial charge in [-0.1, -0.05) is 6.07 Å². The number of carbonyl (C=O) groups excluding carboxylic acids is 1. The van der Waals surface area contributed by atoms with Crippen molar-refractivity contribution in [2.75, 3.05) is 17.6 Å². The summed E-state index contributed by atoms with van der Waals surface area (Å²) in [6.07, 6.45) is 1.37. The molecule has 0 aromatic heterocycles. The minimum Gasteiger partial charge on any atom is -0.364 e. The Balaban J connectivity index is 1.73. The first-order valence-electron chi connectivity index (χ1n) is 7.01. The Morgan fingerprint density at radius 1 is 1.38 bits per heavy atom. The summed E-state index contributed by atoms with van der Waals surface area (Å²) in [7, 11) is -3.19. The van der Waals surface area contributed by atoms with Crippen molar-refractivity contribution >= 4 is 21.4 Å². The van der Waals surface area contributed by atoms with Gasteiger partial charge in [0.05, 0.1) is 16.8 Å². The molecule has 21 heavy (non-hydrogen) atoms. The Labute approximate surface area is 123 Å². The van der Waals surface area contributed by atoms with Crippen LogP contribution in [0.2, 0.25) is 0 Å². The molecule has 1 aromatic rings. The van der Waals surface area contributed by atoms with Crippen LogP contribution in [0.4, 0.5) is 5.69 Å². The van der Waals surface area contributed by atoms with Gasteiger partial charge in [0.1, 0.15) is 6.10 Å². The summed E-state index contributed by atoms with van der Waals surface area (Å²) in [6.45, 7) is 0.404. The van der Waals surface area contributed by atoms with E-state index in [2.05, 4.69) is 5.32 Å². The van der Waals surface area contributed by atoms with E-state index in [0.717, 1.165) is 12.0 Å². The van der Waals surface area contributed by atoms with Crippen LogP contribution >= 0.6 is 0 Å². The van der Waals surface area contributed by atoms with Gasteiger partial charge in [0.2, 0.25) is 0 Å². The van der Waals surface area contributed by atoms with E-state index in [0.29, 0.717) is 30.0 Å². The first-order valence-corrected chi connectivity index (χ1v) is 8.67. The molecule has 1 saturated heterocycles. The number of ether oxygens (including phenoxy) is 1. The fourth-order valence-corrected chi connectivity index (χ4v) is 4.36. The van der Waals surface area contributed by atoms with E-state index < -0.39 is 15.9 Å². The molecule has 0 spiro atoms. The lowest BCUT2D eigenvalue weighted by Crippen LogP contribution is -2.29. The summed E-state index contributed by atoms with van der Waals surface area (Å²) in [5.41, 5.74) is 6.82. The number of sulfone groups is 1. The van der Waals surface area contributed by atoms with Gasteiger partial charge in [0.25, 0.3) is 5.91 Å². The van der Waals surface area contributed by atoms with Crippen LogP contribution < -0.4 is 11.1 Å². The molecule has 0 aliphatic carbocycles. The van der Waals surface area contributed by atoms with Crippen molar-refractivity contribution in [3.05, 3.63) is 23.8 Å². The van der Waals surface area contributed by atoms with Gasteiger partial charge < -0.3 is 15.8 Å². The number of amides is 1. The molecule has 1 aromatic carbocycles. The van der Waals surface area contributed by atoms with Crippen molar-refractivity contribution in [1.82, 2.24) is 0 Å². The predicted molar refractivity (Wildman–Crippen MR) is 77.8 cm³/mol. The maximum atomic E-state index is 12.1. The summed E-state index contributed by atoms with van der Waals surface area (Å²) < 4.78 is 29.3. The molecule has 1 fully saturated rings. The summed E-state index contributed by atoms with van der Waals surface area (Å²) in [5, 5.41) is 2.73. The number of nitrogens with one attached hydrogen (secondary N) is 1. The highest BCUT2D eigenvalue weighted by Crippen LogP contribution is 2.29. The number of hydrogen-bond donors (Lipinski definition) is 2. The van der Waals surface area contributed by atoms with Crippen LogP contribution in [0, 0.1) is 0 Å². The SMILES string of the molecule is NC[C@H]1CC[C@@H](C(=O)Nc2ccc3c(c2)S(=O)(=O)CC3)O1. The molecule has 0 bridgehead atoms. The number of aryl methyl sites for hydroxylation is 1. The Kier molecular flexibility index (Phi) is 3.73. The lowest BCUT2D eigenvalue weighted by molar-refractivity contribution is -0.126. The third-order valence-electron chi connectivity index (χ3n) is 3.97. The molecule has 3 N–H and O–H groups in total.